The highest BCUT2D eigenvalue weighted by atomic mass is 35.5. The lowest BCUT2D eigenvalue weighted by molar-refractivity contribution is 0.0980. The summed E-state index contributed by atoms with van der Waals surface area (Å²) in [6, 6.07) is 16.4. The third-order valence-electron chi connectivity index (χ3n) is 4.09. The van der Waals surface area contributed by atoms with E-state index in [9.17, 15) is 4.79 Å². The van der Waals surface area contributed by atoms with Crippen molar-refractivity contribution in [2.45, 2.75) is 12.8 Å². The molecule has 4 nitrogen and oxygen atoms in total. The average Bonchev–Trinajstić information content (AvgIpc) is 3.15. The molecule has 0 bridgehead atoms. The molecule has 0 radical (unpaired) electrons. The van der Waals surface area contributed by atoms with Crippen molar-refractivity contribution in [3.05, 3.63) is 70.9 Å². The Morgan fingerprint density at radius 2 is 1.69 bits per heavy atom. The van der Waals surface area contributed by atoms with Crippen molar-refractivity contribution in [2.24, 2.45) is 0 Å². The number of methoxy groups -OCH3 is 2. The van der Waals surface area contributed by atoms with E-state index in [1.165, 1.54) is 0 Å². The Balaban J connectivity index is 1.66. The second-order valence-corrected chi connectivity index (χ2v) is 6.20. The zero-order valence-electron chi connectivity index (χ0n) is 14.6. The van der Waals surface area contributed by atoms with Crippen molar-refractivity contribution in [1.29, 1.82) is 0 Å². The first-order valence-electron chi connectivity index (χ1n) is 8.20. The van der Waals surface area contributed by atoms with E-state index in [4.69, 9.17) is 25.5 Å². The maximum Gasteiger partial charge on any atom is 0.163 e. The van der Waals surface area contributed by atoms with Gasteiger partial charge in [-0.1, -0.05) is 11.6 Å². The summed E-state index contributed by atoms with van der Waals surface area (Å²) in [6.07, 6.45) is 0.879. The van der Waals surface area contributed by atoms with Gasteiger partial charge in [0.1, 0.15) is 11.5 Å². The highest BCUT2D eigenvalue weighted by molar-refractivity contribution is 6.30. The Labute approximate surface area is 157 Å². The number of halogens is 1. The van der Waals surface area contributed by atoms with Gasteiger partial charge in [0, 0.05) is 29.0 Å². The first-order chi connectivity index (χ1) is 12.6. The van der Waals surface area contributed by atoms with Gasteiger partial charge in [0.25, 0.3) is 0 Å². The molecule has 0 saturated carbocycles. The first-order valence-corrected chi connectivity index (χ1v) is 8.58. The Morgan fingerprint density at radius 3 is 2.38 bits per heavy atom. The molecule has 0 spiro atoms. The fraction of sp³-hybridized carbons (Fsp3) is 0.190. The van der Waals surface area contributed by atoms with Crippen LogP contribution in [-0.2, 0) is 6.42 Å². The average molecular weight is 371 g/mol. The smallest absolute Gasteiger partial charge is 0.163 e. The third-order valence-corrected chi connectivity index (χ3v) is 4.35. The van der Waals surface area contributed by atoms with Crippen LogP contribution in [0, 0.1) is 0 Å². The molecule has 0 unspecified atom stereocenters. The van der Waals surface area contributed by atoms with Crippen LogP contribution in [0.5, 0.6) is 11.5 Å². The standard InChI is InChI=1S/C21H19ClO4/c1-24-20-11-5-15(13-21(20)25-2)18(23)10-8-17-9-12-19(26-17)14-3-6-16(22)7-4-14/h3-7,9,11-13H,8,10H2,1-2H3. The lowest BCUT2D eigenvalue weighted by Crippen LogP contribution is -2.02. The second kappa shape index (κ2) is 8.11. The van der Waals surface area contributed by atoms with Crippen molar-refractivity contribution >= 4 is 17.4 Å². The molecule has 0 amide bonds. The second-order valence-electron chi connectivity index (χ2n) is 5.77. The summed E-state index contributed by atoms with van der Waals surface area (Å²) in [7, 11) is 3.11. The van der Waals surface area contributed by atoms with Gasteiger partial charge in [-0.25, -0.2) is 0 Å². The zero-order valence-corrected chi connectivity index (χ0v) is 15.4. The van der Waals surface area contributed by atoms with Crippen LogP contribution in [0.2, 0.25) is 5.02 Å². The molecule has 5 heteroatoms. The number of ether oxygens (including phenoxy) is 2. The molecule has 0 aliphatic carbocycles. The molecule has 0 atom stereocenters. The number of Topliss-reactive ketones (excluding diaryl/α,β-unsaturated/α-hetero) is 1. The molecule has 1 aromatic heterocycles. The number of carbonyl (C=O) groups excluding carboxylic acids is 1. The number of hydrogen-bond donors (Lipinski definition) is 0. The molecule has 0 N–H and O–H groups in total. The Kier molecular flexibility index (Phi) is 5.64. The molecule has 1 heterocycles. The quantitative estimate of drug-likeness (QED) is 0.520. The van der Waals surface area contributed by atoms with E-state index in [1.54, 1.807) is 32.4 Å². The number of aryl methyl sites for hydroxylation is 1. The molecule has 0 aliphatic heterocycles. The van der Waals surface area contributed by atoms with Crippen molar-refractivity contribution in [1.82, 2.24) is 0 Å². The molecular formula is C21H19ClO4. The largest absolute Gasteiger partial charge is 0.493 e. The van der Waals surface area contributed by atoms with E-state index in [2.05, 4.69) is 0 Å². The van der Waals surface area contributed by atoms with Crippen LogP contribution in [0.4, 0.5) is 0 Å². The monoisotopic (exact) mass is 370 g/mol. The van der Waals surface area contributed by atoms with Gasteiger partial charge in [0.2, 0.25) is 0 Å². The number of rotatable bonds is 7. The molecule has 26 heavy (non-hydrogen) atoms. The maximum absolute atomic E-state index is 12.4. The fourth-order valence-electron chi connectivity index (χ4n) is 2.67. The van der Waals surface area contributed by atoms with E-state index >= 15 is 0 Å². The molecule has 0 saturated heterocycles. The molecular weight excluding hydrogens is 352 g/mol. The van der Waals surface area contributed by atoms with E-state index in [-0.39, 0.29) is 5.78 Å². The van der Waals surface area contributed by atoms with Crippen LogP contribution in [-0.4, -0.2) is 20.0 Å². The Morgan fingerprint density at radius 1 is 0.962 bits per heavy atom. The van der Waals surface area contributed by atoms with Gasteiger partial charge in [-0.15, -0.1) is 0 Å². The van der Waals surface area contributed by atoms with Crippen molar-refractivity contribution in [2.75, 3.05) is 14.2 Å². The number of furan rings is 1. The molecule has 0 aliphatic rings. The first kappa shape index (κ1) is 18.1. The van der Waals surface area contributed by atoms with Crippen molar-refractivity contribution < 1.29 is 18.7 Å². The predicted molar refractivity (Wildman–Crippen MR) is 101 cm³/mol. The number of carbonyl (C=O) groups is 1. The third kappa shape index (κ3) is 4.09. The van der Waals surface area contributed by atoms with Crippen LogP contribution < -0.4 is 9.47 Å². The van der Waals surface area contributed by atoms with Crippen LogP contribution >= 0.6 is 11.6 Å². The lowest BCUT2D eigenvalue weighted by Gasteiger charge is -2.08. The number of ketones is 1. The van der Waals surface area contributed by atoms with Crippen LogP contribution in [0.15, 0.2) is 59.0 Å². The zero-order chi connectivity index (χ0) is 18.5. The van der Waals surface area contributed by atoms with Crippen LogP contribution in [0.3, 0.4) is 0 Å². The topological polar surface area (TPSA) is 48.7 Å². The molecule has 3 rings (SSSR count). The van der Waals surface area contributed by atoms with E-state index < -0.39 is 0 Å². The fourth-order valence-corrected chi connectivity index (χ4v) is 2.80. The summed E-state index contributed by atoms with van der Waals surface area (Å²) in [6.45, 7) is 0. The van der Waals surface area contributed by atoms with Gasteiger partial charge in [-0.2, -0.15) is 0 Å². The minimum atomic E-state index is 0.0235. The van der Waals surface area contributed by atoms with Gasteiger partial charge in [0.15, 0.2) is 17.3 Å². The highest BCUT2D eigenvalue weighted by Crippen LogP contribution is 2.28. The molecule has 2 aromatic carbocycles. The minimum absolute atomic E-state index is 0.0235. The summed E-state index contributed by atoms with van der Waals surface area (Å²) in [5, 5.41) is 0.682. The molecule has 134 valence electrons. The summed E-state index contributed by atoms with van der Waals surface area (Å²) >= 11 is 5.90. The normalized spacial score (nSPS) is 10.6. The Bertz CT molecular complexity index is 897. The van der Waals surface area contributed by atoms with Gasteiger partial charge in [-0.3, -0.25) is 4.79 Å². The van der Waals surface area contributed by atoms with Crippen molar-refractivity contribution in [3.63, 3.8) is 0 Å². The van der Waals surface area contributed by atoms with Crippen LogP contribution in [0.25, 0.3) is 11.3 Å². The SMILES string of the molecule is COc1ccc(C(=O)CCc2ccc(-c3ccc(Cl)cc3)o2)cc1OC. The van der Waals surface area contributed by atoms with Gasteiger partial charge in [-0.05, 0) is 54.6 Å². The van der Waals surface area contributed by atoms with Gasteiger partial charge < -0.3 is 13.9 Å². The summed E-state index contributed by atoms with van der Waals surface area (Å²) < 4.78 is 16.3. The maximum atomic E-state index is 12.4. The molecule has 3 aromatic rings. The van der Waals surface area contributed by atoms with Gasteiger partial charge in [0.05, 0.1) is 14.2 Å². The number of hydrogen-bond acceptors (Lipinski definition) is 4. The lowest BCUT2D eigenvalue weighted by atomic mass is 10.1. The minimum Gasteiger partial charge on any atom is -0.493 e. The van der Waals surface area contributed by atoms with Crippen molar-refractivity contribution in [3.8, 4) is 22.8 Å². The van der Waals surface area contributed by atoms with Gasteiger partial charge >= 0.3 is 0 Å². The van der Waals surface area contributed by atoms with Crippen LogP contribution in [0.1, 0.15) is 22.5 Å². The van der Waals surface area contributed by atoms with E-state index in [0.29, 0.717) is 34.9 Å². The van der Waals surface area contributed by atoms with E-state index in [1.807, 2.05) is 36.4 Å². The highest BCUT2D eigenvalue weighted by Gasteiger charge is 2.12. The molecule has 0 fully saturated rings. The van der Waals surface area contributed by atoms with E-state index in [0.717, 1.165) is 17.1 Å². The predicted octanol–water partition coefficient (Wildman–Crippen LogP) is 5.43. The summed E-state index contributed by atoms with van der Waals surface area (Å²) in [5.41, 5.74) is 1.54. The Hall–Kier alpha value is -2.72. The summed E-state index contributed by atoms with van der Waals surface area (Å²) in [5.74, 6) is 2.69. The summed E-state index contributed by atoms with van der Waals surface area (Å²) in [4.78, 5) is 12.4. The number of benzene rings is 2.